The Morgan fingerprint density at radius 2 is 1.31 bits per heavy atom. The van der Waals surface area contributed by atoms with Crippen molar-refractivity contribution >= 4 is 23.9 Å². The SMILES string of the molecule is CC(C)(C)[C@H](NC(=O)O)C(=O)N[C@@H](Cc1ccc(-c2ccccn2)cc1)[C@H](O)C[C@H](Cc1ccccc1)NC(=O)[C@@H](N1CCN(Cc2ccccc2)C1=O)C(C)(C)C. The van der Waals surface area contributed by atoms with E-state index in [2.05, 4.69) is 20.9 Å². The number of benzene rings is 3. The highest BCUT2D eigenvalue weighted by Gasteiger charge is 2.44. The van der Waals surface area contributed by atoms with Gasteiger partial charge in [-0.2, -0.15) is 0 Å². The van der Waals surface area contributed by atoms with Crippen LogP contribution in [0.5, 0.6) is 0 Å². The molecule has 308 valence electrons. The number of hydrogen-bond acceptors (Lipinski definition) is 6. The minimum atomic E-state index is -1.34. The van der Waals surface area contributed by atoms with Crippen molar-refractivity contribution < 1.29 is 29.4 Å². The summed E-state index contributed by atoms with van der Waals surface area (Å²) < 4.78 is 0. The number of nitrogens with one attached hydrogen (secondary N) is 3. The number of carbonyl (C=O) groups excluding carboxylic acids is 3. The highest BCUT2D eigenvalue weighted by atomic mass is 16.4. The van der Waals surface area contributed by atoms with E-state index in [0.29, 0.717) is 26.1 Å². The van der Waals surface area contributed by atoms with E-state index in [1.54, 1.807) is 36.8 Å². The minimum absolute atomic E-state index is 0.0507. The number of urea groups is 1. The number of carbonyl (C=O) groups is 4. The Labute approximate surface area is 342 Å². The Bertz CT molecular complexity index is 1970. The zero-order valence-electron chi connectivity index (χ0n) is 34.4. The number of aliphatic hydroxyl groups is 1. The zero-order chi connectivity index (χ0) is 42.0. The van der Waals surface area contributed by atoms with Crippen LogP contribution in [-0.4, -0.2) is 92.3 Å². The fourth-order valence-electron chi connectivity index (χ4n) is 7.57. The summed E-state index contributed by atoms with van der Waals surface area (Å²) in [6.45, 7) is 12.4. The first-order chi connectivity index (χ1) is 27.5. The van der Waals surface area contributed by atoms with Crippen LogP contribution >= 0.6 is 0 Å². The summed E-state index contributed by atoms with van der Waals surface area (Å²) in [4.78, 5) is 61.9. The van der Waals surface area contributed by atoms with Gasteiger partial charge in [-0.25, -0.2) is 9.59 Å². The highest BCUT2D eigenvalue weighted by molar-refractivity contribution is 5.89. The van der Waals surface area contributed by atoms with Gasteiger partial charge in [0, 0.05) is 37.4 Å². The standard InChI is InChI=1S/C46H58N6O6/c1-45(2,3)39(50-43(56)57)41(54)49-37(28-32-20-22-34(23-21-32)36-19-13-14-24-47-36)38(53)29-35(27-31-15-9-7-10-16-31)48-42(55)40(46(4,5)6)52-26-25-51(44(52)58)30-33-17-11-8-12-18-33/h7-24,35,37-40,50,53H,25-30H2,1-6H3,(H,48,55)(H,49,54)(H,56,57)/t35-,37-,38+,39+,40+/m0/s1. The Morgan fingerprint density at radius 1 is 0.707 bits per heavy atom. The van der Waals surface area contributed by atoms with Crippen molar-refractivity contribution in [2.45, 2.75) is 97.6 Å². The van der Waals surface area contributed by atoms with Gasteiger partial charge in [0.2, 0.25) is 11.8 Å². The topological polar surface area (TPSA) is 164 Å². The molecule has 0 saturated carbocycles. The van der Waals surface area contributed by atoms with Gasteiger partial charge in [-0.1, -0.05) is 133 Å². The molecule has 12 heteroatoms. The number of carboxylic acid groups (broad SMARTS) is 1. The van der Waals surface area contributed by atoms with Crippen molar-refractivity contribution in [3.8, 4) is 11.3 Å². The second-order valence-corrected chi connectivity index (χ2v) is 17.3. The van der Waals surface area contributed by atoms with E-state index < -0.39 is 53.1 Å². The van der Waals surface area contributed by atoms with Crippen LogP contribution in [0.1, 0.15) is 64.7 Å². The summed E-state index contributed by atoms with van der Waals surface area (Å²) in [5.74, 6) is -0.909. The molecule has 3 aromatic carbocycles. The molecule has 5 amide bonds. The van der Waals surface area contributed by atoms with Crippen LogP contribution in [0.3, 0.4) is 0 Å². The molecule has 1 saturated heterocycles. The van der Waals surface area contributed by atoms with E-state index in [4.69, 9.17) is 0 Å². The first kappa shape index (κ1) is 43.4. The van der Waals surface area contributed by atoms with Gasteiger partial charge in [-0.3, -0.25) is 14.6 Å². The van der Waals surface area contributed by atoms with Crippen molar-refractivity contribution in [3.63, 3.8) is 0 Å². The Kier molecular flexibility index (Phi) is 14.3. The molecule has 0 spiro atoms. The molecule has 0 unspecified atom stereocenters. The Balaban J connectivity index is 1.41. The van der Waals surface area contributed by atoms with Gasteiger partial charge in [-0.15, -0.1) is 0 Å². The molecule has 5 rings (SSSR count). The lowest BCUT2D eigenvalue weighted by molar-refractivity contribution is -0.130. The second-order valence-electron chi connectivity index (χ2n) is 17.3. The number of rotatable bonds is 16. The maximum absolute atomic E-state index is 14.5. The van der Waals surface area contributed by atoms with Gasteiger partial charge in [0.05, 0.1) is 17.8 Å². The molecule has 1 aliphatic heterocycles. The van der Waals surface area contributed by atoms with Crippen molar-refractivity contribution in [3.05, 3.63) is 126 Å². The molecular weight excluding hydrogens is 733 g/mol. The van der Waals surface area contributed by atoms with Crippen LogP contribution < -0.4 is 16.0 Å². The molecule has 0 aliphatic carbocycles. The van der Waals surface area contributed by atoms with Crippen molar-refractivity contribution in [2.24, 2.45) is 10.8 Å². The van der Waals surface area contributed by atoms with Gasteiger partial charge < -0.3 is 36.0 Å². The maximum Gasteiger partial charge on any atom is 0.405 e. The predicted octanol–water partition coefficient (Wildman–Crippen LogP) is 6.29. The number of amides is 5. The monoisotopic (exact) mass is 790 g/mol. The average molecular weight is 791 g/mol. The lowest BCUT2D eigenvalue weighted by atomic mass is 9.84. The van der Waals surface area contributed by atoms with Crippen LogP contribution in [0.15, 0.2) is 109 Å². The zero-order valence-corrected chi connectivity index (χ0v) is 34.4. The van der Waals surface area contributed by atoms with Gasteiger partial charge >= 0.3 is 12.1 Å². The van der Waals surface area contributed by atoms with E-state index in [1.807, 2.05) is 124 Å². The molecule has 0 bridgehead atoms. The van der Waals surface area contributed by atoms with E-state index in [-0.39, 0.29) is 24.8 Å². The van der Waals surface area contributed by atoms with Crippen molar-refractivity contribution in [1.29, 1.82) is 0 Å². The summed E-state index contributed by atoms with van der Waals surface area (Å²) in [6, 6.07) is 29.1. The average Bonchev–Trinajstić information content (AvgIpc) is 3.51. The molecule has 0 radical (unpaired) electrons. The van der Waals surface area contributed by atoms with E-state index >= 15 is 0 Å². The van der Waals surface area contributed by atoms with Crippen LogP contribution in [0, 0.1) is 10.8 Å². The van der Waals surface area contributed by atoms with Crippen LogP contribution in [0.2, 0.25) is 0 Å². The fourth-order valence-corrected chi connectivity index (χ4v) is 7.57. The number of aliphatic hydroxyl groups excluding tert-OH is 1. The maximum atomic E-state index is 14.5. The summed E-state index contributed by atoms with van der Waals surface area (Å²) in [6.07, 6.45) is -0.151. The van der Waals surface area contributed by atoms with E-state index in [0.717, 1.165) is 27.9 Å². The van der Waals surface area contributed by atoms with E-state index in [9.17, 15) is 29.4 Å². The summed E-state index contributed by atoms with van der Waals surface area (Å²) in [5, 5.41) is 30.3. The predicted molar refractivity (Wildman–Crippen MR) is 225 cm³/mol. The van der Waals surface area contributed by atoms with Crippen LogP contribution in [-0.2, 0) is 29.0 Å². The lowest BCUT2D eigenvalue weighted by Crippen LogP contribution is -2.59. The number of nitrogens with zero attached hydrogens (tertiary/aromatic N) is 3. The Morgan fingerprint density at radius 3 is 1.88 bits per heavy atom. The quantitative estimate of drug-likeness (QED) is 0.0891. The highest BCUT2D eigenvalue weighted by Crippen LogP contribution is 2.29. The molecule has 1 aliphatic rings. The van der Waals surface area contributed by atoms with Crippen molar-refractivity contribution in [2.75, 3.05) is 13.1 Å². The van der Waals surface area contributed by atoms with E-state index in [1.165, 1.54) is 0 Å². The first-order valence-corrected chi connectivity index (χ1v) is 19.9. The van der Waals surface area contributed by atoms with Crippen LogP contribution in [0.25, 0.3) is 11.3 Å². The normalized spacial score (nSPS) is 15.9. The Hall–Kier alpha value is -5.75. The largest absolute Gasteiger partial charge is 0.465 e. The number of aromatic nitrogens is 1. The molecule has 5 N–H and O–H groups in total. The number of pyridine rings is 1. The smallest absolute Gasteiger partial charge is 0.405 e. The molecule has 5 atom stereocenters. The summed E-state index contributed by atoms with van der Waals surface area (Å²) in [5.41, 5.74) is 3.06. The minimum Gasteiger partial charge on any atom is -0.465 e. The third kappa shape index (κ3) is 11.9. The first-order valence-electron chi connectivity index (χ1n) is 19.9. The lowest BCUT2D eigenvalue weighted by Gasteiger charge is -2.38. The second kappa shape index (κ2) is 19.1. The van der Waals surface area contributed by atoms with Gasteiger partial charge in [0.1, 0.15) is 12.1 Å². The molecular formula is C46H58N6O6. The third-order valence-electron chi connectivity index (χ3n) is 10.5. The third-order valence-corrected chi connectivity index (χ3v) is 10.5. The molecule has 12 nitrogen and oxygen atoms in total. The van der Waals surface area contributed by atoms with Crippen LogP contribution in [0.4, 0.5) is 9.59 Å². The van der Waals surface area contributed by atoms with Gasteiger partial charge in [-0.05, 0) is 58.9 Å². The van der Waals surface area contributed by atoms with Gasteiger partial charge in [0.25, 0.3) is 0 Å². The summed E-state index contributed by atoms with van der Waals surface area (Å²) in [7, 11) is 0. The fraction of sp³-hybridized carbons (Fsp3) is 0.413. The molecule has 1 aromatic heterocycles. The summed E-state index contributed by atoms with van der Waals surface area (Å²) >= 11 is 0. The van der Waals surface area contributed by atoms with Gasteiger partial charge in [0.15, 0.2) is 0 Å². The number of hydrogen-bond donors (Lipinski definition) is 5. The molecule has 2 heterocycles. The molecule has 1 fully saturated rings. The molecule has 4 aromatic rings. The molecule has 58 heavy (non-hydrogen) atoms. The van der Waals surface area contributed by atoms with Crippen molar-refractivity contribution in [1.82, 2.24) is 30.7 Å².